The van der Waals surface area contributed by atoms with Crippen molar-refractivity contribution in [1.82, 2.24) is 14.3 Å². The molecule has 2 aliphatic carbocycles. The molecular weight excluding hydrogens is 544 g/mol. The number of aromatic nitrogens is 2. The number of sulfonamides is 1. The maximum absolute atomic E-state index is 14.1. The smallest absolute Gasteiger partial charge is 0.241 e. The van der Waals surface area contributed by atoms with Crippen LogP contribution in [0, 0.1) is 12.8 Å². The van der Waals surface area contributed by atoms with E-state index in [1.54, 1.807) is 24.4 Å². The highest BCUT2D eigenvalue weighted by Gasteiger charge is 2.46. The minimum absolute atomic E-state index is 0.0683. The molecule has 0 radical (unpaired) electrons. The molecule has 0 unspecified atom stereocenters. The molecule has 0 spiro atoms. The van der Waals surface area contributed by atoms with Gasteiger partial charge in [0.1, 0.15) is 5.82 Å². The Kier molecular flexibility index (Phi) is 7.31. The summed E-state index contributed by atoms with van der Waals surface area (Å²) in [5.74, 6) is 0.956. The molecule has 3 atom stereocenters. The van der Waals surface area contributed by atoms with E-state index < -0.39 is 16.1 Å². The largest absolute Gasteiger partial charge is 0.337 e. The van der Waals surface area contributed by atoms with Gasteiger partial charge in [-0.15, -0.1) is 0 Å². The number of imidazole rings is 1. The molecule has 218 valence electrons. The molecule has 0 saturated heterocycles. The highest BCUT2D eigenvalue weighted by Crippen LogP contribution is 2.49. The molecule has 7 nitrogen and oxygen atoms in total. The van der Waals surface area contributed by atoms with Crippen LogP contribution in [-0.2, 0) is 33.8 Å². The summed E-state index contributed by atoms with van der Waals surface area (Å²) in [7, 11) is -1.81. The molecule has 1 saturated carbocycles. The molecular formula is C34H38N4O3S. The van der Waals surface area contributed by atoms with Gasteiger partial charge in [-0.2, -0.15) is 0 Å². The zero-order valence-electron chi connectivity index (χ0n) is 24.6. The van der Waals surface area contributed by atoms with Crippen molar-refractivity contribution < 1.29 is 13.2 Å². The number of anilines is 1. The summed E-state index contributed by atoms with van der Waals surface area (Å²) in [5, 5.41) is 0. The first-order chi connectivity index (χ1) is 20.0. The van der Waals surface area contributed by atoms with Crippen LogP contribution in [0.3, 0.4) is 0 Å². The molecule has 8 heteroatoms. The van der Waals surface area contributed by atoms with Gasteiger partial charge in [0.25, 0.3) is 0 Å². The summed E-state index contributed by atoms with van der Waals surface area (Å²) in [4.78, 5) is 20.7. The van der Waals surface area contributed by atoms with E-state index in [2.05, 4.69) is 41.8 Å². The van der Waals surface area contributed by atoms with Gasteiger partial charge in [0.2, 0.25) is 15.9 Å². The molecule has 1 fully saturated rings. The van der Waals surface area contributed by atoms with Crippen LogP contribution in [0.2, 0.25) is 0 Å². The van der Waals surface area contributed by atoms with E-state index in [1.807, 2.05) is 66.0 Å². The molecule has 3 aromatic carbocycles. The molecule has 1 heterocycles. The monoisotopic (exact) mass is 582 g/mol. The second-order valence-electron chi connectivity index (χ2n) is 12.4. The molecule has 4 aromatic rings. The second-order valence-corrected chi connectivity index (χ2v) is 14.1. The van der Waals surface area contributed by atoms with Gasteiger partial charge in [-0.25, -0.2) is 18.1 Å². The van der Waals surface area contributed by atoms with Crippen LogP contribution in [0.5, 0.6) is 0 Å². The number of benzene rings is 3. The average molecular weight is 583 g/mol. The Hall–Kier alpha value is -3.75. The molecule has 2 aliphatic rings. The highest BCUT2D eigenvalue weighted by molar-refractivity contribution is 7.89. The molecule has 0 aliphatic heterocycles. The minimum Gasteiger partial charge on any atom is -0.337 e. The lowest BCUT2D eigenvalue weighted by Gasteiger charge is -2.38. The Bertz CT molecular complexity index is 1730. The molecule has 1 amide bonds. The van der Waals surface area contributed by atoms with E-state index in [-0.39, 0.29) is 28.1 Å². The fourth-order valence-corrected chi connectivity index (χ4v) is 7.66. The quantitative estimate of drug-likeness (QED) is 0.270. The van der Waals surface area contributed by atoms with E-state index in [1.165, 1.54) is 5.56 Å². The maximum atomic E-state index is 14.1. The van der Waals surface area contributed by atoms with Crippen molar-refractivity contribution in [2.45, 2.75) is 68.8 Å². The molecule has 6 rings (SSSR count). The summed E-state index contributed by atoms with van der Waals surface area (Å²) in [6.45, 7) is 6.62. The zero-order valence-corrected chi connectivity index (χ0v) is 25.4. The highest BCUT2D eigenvalue weighted by atomic mass is 32.2. The fourth-order valence-electron chi connectivity index (χ4n) is 6.30. The van der Waals surface area contributed by atoms with Crippen LogP contribution < -0.4 is 9.62 Å². The van der Waals surface area contributed by atoms with Gasteiger partial charge >= 0.3 is 0 Å². The van der Waals surface area contributed by atoms with Crippen LogP contribution in [0.25, 0.3) is 0 Å². The maximum Gasteiger partial charge on any atom is 0.241 e. The first-order valence-corrected chi connectivity index (χ1v) is 16.1. The van der Waals surface area contributed by atoms with Crippen molar-refractivity contribution >= 4 is 21.6 Å². The normalized spacial score (nSPS) is 21.0. The van der Waals surface area contributed by atoms with Crippen molar-refractivity contribution in [2.75, 3.05) is 4.90 Å². The van der Waals surface area contributed by atoms with Crippen LogP contribution in [0.4, 0.5) is 5.69 Å². The number of carbonyl (C=O) groups is 1. The number of nitrogens with zero attached hydrogens (tertiary/aromatic N) is 3. The van der Waals surface area contributed by atoms with Crippen LogP contribution >= 0.6 is 0 Å². The number of rotatable bonds is 8. The lowest BCUT2D eigenvalue weighted by atomic mass is 9.71. The Morgan fingerprint density at radius 1 is 1.07 bits per heavy atom. The summed E-state index contributed by atoms with van der Waals surface area (Å²) >= 11 is 0. The van der Waals surface area contributed by atoms with E-state index in [0.717, 1.165) is 41.0 Å². The predicted octanol–water partition coefficient (Wildman–Crippen LogP) is 6.16. The van der Waals surface area contributed by atoms with Crippen LogP contribution in [0.1, 0.15) is 73.1 Å². The van der Waals surface area contributed by atoms with Gasteiger partial charge in [-0.3, -0.25) is 4.79 Å². The molecule has 42 heavy (non-hydrogen) atoms. The number of nitrogens with one attached hydrogen (secondary N) is 1. The molecule has 1 aromatic heterocycles. The lowest BCUT2D eigenvalue weighted by Crippen LogP contribution is -2.37. The van der Waals surface area contributed by atoms with E-state index in [9.17, 15) is 13.2 Å². The Morgan fingerprint density at radius 3 is 2.57 bits per heavy atom. The predicted molar refractivity (Wildman–Crippen MR) is 165 cm³/mol. The first-order valence-electron chi connectivity index (χ1n) is 14.6. The van der Waals surface area contributed by atoms with Gasteiger partial charge in [0.05, 0.1) is 11.4 Å². The number of hydrogen-bond donors (Lipinski definition) is 1. The number of hydrogen-bond acceptors (Lipinski definition) is 4. The zero-order chi connectivity index (χ0) is 29.6. The van der Waals surface area contributed by atoms with Gasteiger partial charge < -0.3 is 9.47 Å². The Labute approximate surface area is 248 Å². The van der Waals surface area contributed by atoms with E-state index in [4.69, 9.17) is 0 Å². The minimum atomic E-state index is -3.74. The fraction of sp³-hybridized carbons (Fsp3) is 0.353. The van der Waals surface area contributed by atoms with Crippen LogP contribution in [-0.4, -0.2) is 23.9 Å². The van der Waals surface area contributed by atoms with Gasteiger partial charge in [-0.05, 0) is 84.0 Å². The Morgan fingerprint density at radius 2 is 1.86 bits per heavy atom. The van der Waals surface area contributed by atoms with Crippen molar-refractivity contribution in [3.05, 3.63) is 113 Å². The molecule has 1 N–H and O–H groups in total. The number of carbonyl (C=O) groups excluding carboxylic acids is 1. The summed E-state index contributed by atoms with van der Waals surface area (Å²) in [5.41, 5.74) is 4.74. The van der Waals surface area contributed by atoms with Crippen LogP contribution in [0.15, 0.2) is 90.1 Å². The standard InChI is InChI=1S/C34H38N4O3S/c1-23-9-8-12-26(19-23)42(40,41)36-31-15-16-34(2,3)30-14-13-25(20-29(30)31)38(22-32-35-17-18-37(32)4)33(39)28-21-27(28)24-10-6-5-7-11-24/h5-14,17-20,27-28,31,36H,15-16,21-22H2,1-4H3/t27-,28-,31-/m0/s1. The van der Waals surface area contributed by atoms with Crippen molar-refractivity contribution in [3.63, 3.8) is 0 Å². The lowest BCUT2D eigenvalue weighted by molar-refractivity contribution is -0.120. The second kappa shape index (κ2) is 10.8. The van der Waals surface area contributed by atoms with E-state index >= 15 is 0 Å². The Balaban J connectivity index is 1.36. The third kappa shape index (κ3) is 5.53. The SMILES string of the molecule is Cc1cccc(S(=O)(=O)N[C@H]2CCC(C)(C)c3ccc(N(Cc4nccn4C)C(=O)[C@H]4C[C@H]4c4ccccc4)cc32)c1. The van der Waals surface area contributed by atoms with Crippen molar-refractivity contribution in [3.8, 4) is 0 Å². The van der Waals surface area contributed by atoms with Gasteiger partial charge in [0, 0.05) is 37.1 Å². The third-order valence-corrected chi connectivity index (χ3v) is 10.4. The number of amides is 1. The third-order valence-electron chi connectivity index (χ3n) is 8.93. The first kappa shape index (κ1) is 28.4. The van der Waals surface area contributed by atoms with Crippen molar-refractivity contribution in [1.29, 1.82) is 0 Å². The summed E-state index contributed by atoms with van der Waals surface area (Å²) in [6, 6.07) is 22.9. The van der Waals surface area contributed by atoms with Crippen molar-refractivity contribution in [2.24, 2.45) is 13.0 Å². The summed E-state index contributed by atoms with van der Waals surface area (Å²) in [6.07, 6.45) is 5.95. The topological polar surface area (TPSA) is 84.3 Å². The average Bonchev–Trinajstić information content (AvgIpc) is 3.68. The summed E-state index contributed by atoms with van der Waals surface area (Å²) < 4.78 is 31.9. The van der Waals surface area contributed by atoms with Gasteiger partial charge in [0.15, 0.2) is 0 Å². The van der Waals surface area contributed by atoms with Gasteiger partial charge in [-0.1, -0.05) is 62.4 Å². The number of fused-ring (bicyclic) bond motifs is 1. The molecule has 0 bridgehead atoms. The van der Waals surface area contributed by atoms with E-state index in [0.29, 0.717) is 13.0 Å². The number of aryl methyl sites for hydroxylation is 2.